The number of para-hydroxylation sites is 1. The fraction of sp³-hybridized carbons (Fsp3) is 0.150. The first-order valence-corrected chi connectivity index (χ1v) is 8.09. The van der Waals surface area contributed by atoms with Crippen molar-refractivity contribution in [3.8, 4) is 0 Å². The minimum atomic E-state index is -0.366. The summed E-state index contributed by atoms with van der Waals surface area (Å²) in [7, 11) is 0. The van der Waals surface area contributed by atoms with E-state index in [1.54, 1.807) is 11.2 Å². The Morgan fingerprint density at radius 3 is 2.54 bits per heavy atom. The molecule has 4 heteroatoms. The maximum absolute atomic E-state index is 13.1. The maximum Gasteiger partial charge on any atom is 0.262 e. The van der Waals surface area contributed by atoms with Crippen molar-refractivity contribution >= 4 is 17.3 Å². The molecule has 0 radical (unpaired) electrons. The zero-order chi connectivity index (χ0) is 16.5. The molecule has 24 heavy (non-hydrogen) atoms. The zero-order valence-electron chi connectivity index (χ0n) is 13.4. The Morgan fingerprint density at radius 2 is 1.83 bits per heavy atom. The van der Waals surface area contributed by atoms with Crippen molar-refractivity contribution < 1.29 is 9.21 Å². The molecule has 1 amide bonds. The smallest absolute Gasteiger partial charge is 0.262 e. The molecule has 3 aromatic rings. The Morgan fingerprint density at radius 1 is 1.04 bits per heavy atom. The summed E-state index contributed by atoms with van der Waals surface area (Å²) in [4.78, 5) is 14.9. The van der Waals surface area contributed by atoms with E-state index in [4.69, 9.17) is 4.42 Å². The molecule has 1 N–H and O–H groups in total. The van der Waals surface area contributed by atoms with Crippen molar-refractivity contribution in [3.63, 3.8) is 0 Å². The number of furan rings is 1. The minimum absolute atomic E-state index is 0.0324. The van der Waals surface area contributed by atoms with Gasteiger partial charge in [0.15, 0.2) is 6.17 Å². The first kappa shape index (κ1) is 14.6. The van der Waals surface area contributed by atoms with Gasteiger partial charge < -0.3 is 9.73 Å². The Labute approximate surface area is 140 Å². The number of hydrogen-bond donors (Lipinski definition) is 1. The van der Waals surface area contributed by atoms with E-state index >= 15 is 0 Å². The SMILES string of the molecule is CCc1ccc(N2C(=O)c3ccccc3NC2c2ccco2)cc1. The minimum Gasteiger partial charge on any atom is -0.465 e. The van der Waals surface area contributed by atoms with Gasteiger partial charge in [-0.15, -0.1) is 0 Å². The fourth-order valence-electron chi connectivity index (χ4n) is 3.06. The number of nitrogens with one attached hydrogen (secondary N) is 1. The van der Waals surface area contributed by atoms with E-state index in [9.17, 15) is 4.79 Å². The molecule has 1 aromatic heterocycles. The van der Waals surface area contributed by atoms with Crippen molar-refractivity contribution in [1.29, 1.82) is 0 Å². The van der Waals surface area contributed by atoms with Crippen LogP contribution in [0.4, 0.5) is 11.4 Å². The quantitative estimate of drug-likeness (QED) is 0.767. The summed E-state index contributed by atoms with van der Waals surface area (Å²) in [5.74, 6) is 0.674. The van der Waals surface area contributed by atoms with Crippen LogP contribution in [-0.4, -0.2) is 5.91 Å². The van der Waals surface area contributed by atoms with E-state index in [-0.39, 0.29) is 12.1 Å². The summed E-state index contributed by atoms with van der Waals surface area (Å²) in [6, 6.07) is 19.4. The summed E-state index contributed by atoms with van der Waals surface area (Å²) < 4.78 is 5.58. The molecular weight excluding hydrogens is 300 g/mol. The van der Waals surface area contributed by atoms with Crippen LogP contribution in [-0.2, 0) is 6.42 Å². The average Bonchev–Trinajstić information content (AvgIpc) is 3.16. The van der Waals surface area contributed by atoms with E-state index in [1.807, 2.05) is 48.5 Å². The molecule has 1 atom stereocenters. The van der Waals surface area contributed by atoms with Gasteiger partial charge in [0.05, 0.1) is 11.8 Å². The number of carbonyl (C=O) groups is 1. The molecule has 0 saturated carbocycles. The molecule has 0 fully saturated rings. The fourth-order valence-corrected chi connectivity index (χ4v) is 3.06. The number of anilines is 2. The highest BCUT2D eigenvalue weighted by atomic mass is 16.3. The Bertz CT molecular complexity index is 854. The second-order valence-corrected chi connectivity index (χ2v) is 5.80. The van der Waals surface area contributed by atoms with Crippen molar-refractivity contribution in [3.05, 3.63) is 83.8 Å². The Balaban J connectivity index is 1.82. The van der Waals surface area contributed by atoms with Crippen LogP contribution in [0.25, 0.3) is 0 Å². The lowest BCUT2D eigenvalue weighted by Gasteiger charge is -2.36. The molecule has 0 aliphatic carbocycles. The number of hydrogen-bond acceptors (Lipinski definition) is 3. The Hall–Kier alpha value is -3.01. The lowest BCUT2D eigenvalue weighted by atomic mass is 10.0. The first-order valence-electron chi connectivity index (χ1n) is 8.09. The molecular formula is C20H18N2O2. The molecule has 0 saturated heterocycles. The highest BCUT2D eigenvalue weighted by Gasteiger charge is 2.35. The Kier molecular flexibility index (Phi) is 3.58. The highest BCUT2D eigenvalue weighted by Crippen LogP contribution is 2.36. The molecule has 0 bridgehead atoms. The molecule has 4 rings (SSSR count). The van der Waals surface area contributed by atoms with Gasteiger partial charge in [-0.05, 0) is 48.4 Å². The normalized spacial score (nSPS) is 16.6. The second-order valence-electron chi connectivity index (χ2n) is 5.80. The van der Waals surface area contributed by atoms with Crippen LogP contribution in [0.2, 0.25) is 0 Å². The van der Waals surface area contributed by atoms with Crippen LogP contribution >= 0.6 is 0 Å². The van der Waals surface area contributed by atoms with Gasteiger partial charge in [-0.1, -0.05) is 31.2 Å². The van der Waals surface area contributed by atoms with Gasteiger partial charge in [-0.25, -0.2) is 0 Å². The third-order valence-electron chi connectivity index (χ3n) is 4.36. The van der Waals surface area contributed by atoms with Gasteiger partial charge in [0.2, 0.25) is 0 Å². The lowest BCUT2D eigenvalue weighted by molar-refractivity contribution is 0.0972. The van der Waals surface area contributed by atoms with Crippen LogP contribution in [0.1, 0.15) is 34.8 Å². The molecule has 1 unspecified atom stereocenters. The van der Waals surface area contributed by atoms with Crippen molar-refractivity contribution in [2.45, 2.75) is 19.5 Å². The van der Waals surface area contributed by atoms with E-state index in [0.29, 0.717) is 11.3 Å². The third-order valence-corrected chi connectivity index (χ3v) is 4.36. The summed E-state index contributed by atoms with van der Waals surface area (Å²) in [6.45, 7) is 2.12. The predicted molar refractivity (Wildman–Crippen MR) is 94.1 cm³/mol. The van der Waals surface area contributed by atoms with Gasteiger partial charge in [-0.3, -0.25) is 9.69 Å². The van der Waals surface area contributed by atoms with Crippen LogP contribution in [0.5, 0.6) is 0 Å². The van der Waals surface area contributed by atoms with E-state index in [1.165, 1.54) is 5.56 Å². The third kappa shape index (κ3) is 2.36. The summed E-state index contributed by atoms with van der Waals surface area (Å²) in [5, 5.41) is 3.42. The number of nitrogens with zero attached hydrogens (tertiary/aromatic N) is 1. The summed E-state index contributed by atoms with van der Waals surface area (Å²) >= 11 is 0. The summed E-state index contributed by atoms with van der Waals surface area (Å²) in [6.07, 6.45) is 2.23. The molecule has 2 heterocycles. The van der Waals surface area contributed by atoms with E-state index in [2.05, 4.69) is 24.4 Å². The number of rotatable bonds is 3. The molecule has 1 aliphatic heterocycles. The standard InChI is InChI=1S/C20H18N2O2/c1-2-14-9-11-15(12-10-14)22-19(18-8-5-13-24-18)21-17-7-4-3-6-16(17)20(22)23/h3-13,19,21H,2H2,1H3. The van der Waals surface area contributed by atoms with Gasteiger partial charge in [-0.2, -0.15) is 0 Å². The lowest BCUT2D eigenvalue weighted by Crippen LogP contribution is -2.43. The van der Waals surface area contributed by atoms with Crippen molar-refractivity contribution in [2.24, 2.45) is 0 Å². The largest absolute Gasteiger partial charge is 0.465 e. The molecule has 4 nitrogen and oxygen atoms in total. The van der Waals surface area contributed by atoms with E-state index < -0.39 is 0 Å². The summed E-state index contributed by atoms with van der Waals surface area (Å²) in [5.41, 5.74) is 3.58. The maximum atomic E-state index is 13.1. The molecule has 1 aliphatic rings. The van der Waals surface area contributed by atoms with Crippen molar-refractivity contribution in [1.82, 2.24) is 0 Å². The second kappa shape index (κ2) is 5.89. The van der Waals surface area contributed by atoms with Crippen LogP contribution in [0, 0.1) is 0 Å². The highest BCUT2D eigenvalue weighted by molar-refractivity contribution is 6.12. The number of fused-ring (bicyclic) bond motifs is 1. The van der Waals surface area contributed by atoms with Gasteiger partial charge >= 0.3 is 0 Å². The van der Waals surface area contributed by atoms with Crippen LogP contribution in [0.3, 0.4) is 0 Å². The van der Waals surface area contributed by atoms with E-state index in [0.717, 1.165) is 17.8 Å². The number of carbonyl (C=O) groups excluding carboxylic acids is 1. The van der Waals surface area contributed by atoms with Crippen LogP contribution in [0.15, 0.2) is 71.3 Å². The number of benzene rings is 2. The first-order chi connectivity index (χ1) is 11.8. The van der Waals surface area contributed by atoms with Crippen molar-refractivity contribution in [2.75, 3.05) is 10.2 Å². The predicted octanol–water partition coefficient (Wildman–Crippen LogP) is 4.61. The monoisotopic (exact) mass is 318 g/mol. The van der Waals surface area contributed by atoms with Gasteiger partial charge in [0.1, 0.15) is 5.76 Å². The average molecular weight is 318 g/mol. The number of amides is 1. The molecule has 120 valence electrons. The number of aryl methyl sites for hydroxylation is 1. The van der Waals surface area contributed by atoms with Gasteiger partial charge in [0, 0.05) is 11.4 Å². The topological polar surface area (TPSA) is 45.5 Å². The molecule has 0 spiro atoms. The zero-order valence-corrected chi connectivity index (χ0v) is 13.4. The van der Waals surface area contributed by atoms with Gasteiger partial charge in [0.25, 0.3) is 5.91 Å². The van der Waals surface area contributed by atoms with Crippen LogP contribution < -0.4 is 10.2 Å². The molecule has 2 aromatic carbocycles.